The van der Waals surface area contributed by atoms with E-state index in [1.54, 1.807) is 7.11 Å². The van der Waals surface area contributed by atoms with E-state index in [9.17, 15) is 9.59 Å². The Morgan fingerprint density at radius 1 is 0.913 bits per heavy atom. The van der Waals surface area contributed by atoms with Crippen LogP contribution in [0.4, 0.5) is 0 Å². The topological polar surface area (TPSA) is 67.4 Å². The van der Waals surface area contributed by atoms with Crippen LogP contribution in [0, 0.1) is 11.8 Å². The van der Waals surface area contributed by atoms with Crippen LogP contribution < -0.4 is 15.4 Å². The number of ether oxygens (including phenoxy) is 1. The van der Waals surface area contributed by atoms with Gasteiger partial charge >= 0.3 is 0 Å². The third-order valence-corrected chi connectivity index (χ3v) is 3.25. The van der Waals surface area contributed by atoms with Crippen molar-refractivity contribution in [3.05, 3.63) is 29.8 Å². The summed E-state index contributed by atoms with van der Waals surface area (Å²) in [7, 11) is 1.60. The maximum Gasteiger partial charge on any atom is 0.222 e. The highest BCUT2D eigenvalue weighted by molar-refractivity contribution is 5.79. The van der Waals surface area contributed by atoms with Gasteiger partial charge in [0.05, 0.1) is 7.11 Å². The molecule has 1 aromatic rings. The average molecular weight is 320 g/mol. The van der Waals surface area contributed by atoms with Gasteiger partial charge in [0, 0.05) is 12.8 Å². The van der Waals surface area contributed by atoms with Crippen LogP contribution in [0.3, 0.4) is 0 Å². The van der Waals surface area contributed by atoms with Gasteiger partial charge in [-0.1, -0.05) is 39.8 Å². The minimum Gasteiger partial charge on any atom is -0.497 e. The zero-order valence-corrected chi connectivity index (χ0v) is 14.7. The number of carbonyl (C=O) groups excluding carboxylic acids is 2. The van der Waals surface area contributed by atoms with Gasteiger partial charge in [-0.05, 0) is 29.5 Å². The molecule has 0 bridgehead atoms. The maximum absolute atomic E-state index is 12.1. The lowest BCUT2D eigenvalue weighted by Gasteiger charge is -2.22. The van der Waals surface area contributed by atoms with Crippen LogP contribution in [0.25, 0.3) is 0 Å². The Balaban J connectivity index is 2.85. The van der Waals surface area contributed by atoms with Crippen molar-refractivity contribution in [3.8, 4) is 5.75 Å². The van der Waals surface area contributed by atoms with Gasteiger partial charge in [0.15, 0.2) is 0 Å². The van der Waals surface area contributed by atoms with E-state index in [0.29, 0.717) is 12.8 Å². The van der Waals surface area contributed by atoms with Crippen LogP contribution in [0.5, 0.6) is 5.75 Å². The van der Waals surface area contributed by atoms with Crippen LogP contribution in [-0.2, 0) is 9.59 Å². The van der Waals surface area contributed by atoms with Crippen molar-refractivity contribution in [3.63, 3.8) is 0 Å². The molecule has 0 saturated carbocycles. The number of rotatable bonds is 8. The molecule has 23 heavy (non-hydrogen) atoms. The van der Waals surface area contributed by atoms with E-state index in [1.807, 2.05) is 52.0 Å². The molecule has 2 amide bonds. The minimum atomic E-state index is -0.529. The summed E-state index contributed by atoms with van der Waals surface area (Å²) >= 11 is 0. The first-order chi connectivity index (χ1) is 10.8. The molecule has 0 saturated heterocycles. The molecule has 0 spiro atoms. The lowest BCUT2D eigenvalue weighted by Crippen LogP contribution is -2.41. The van der Waals surface area contributed by atoms with E-state index in [-0.39, 0.29) is 23.7 Å². The highest BCUT2D eigenvalue weighted by atomic mass is 16.5. The monoisotopic (exact) mass is 320 g/mol. The molecule has 0 aromatic heterocycles. The van der Waals surface area contributed by atoms with Crippen LogP contribution in [-0.4, -0.2) is 18.9 Å². The fourth-order valence-corrected chi connectivity index (χ4v) is 2.18. The second-order valence-corrected chi connectivity index (χ2v) is 6.54. The van der Waals surface area contributed by atoms with Gasteiger partial charge in [-0.3, -0.25) is 9.59 Å². The molecule has 0 fully saturated rings. The fraction of sp³-hybridized carbons (Fsp3) is 0.556. The van der Waals surface area contributed by atoms with E-state index in [4.69, 9.17) is 4.74 Å². The smallest absolute Gasteiger partial charge is 0.222 e. The quantitative estimate of drug-likeness (QED) is 0.724. The number of hydrogen-bond acceptors (Lipinski definition) is 3. The third-order valence-electron chi connectivity index (χ3n) is 3.25. The van der Waals surface area contributed by atoms with Crippen LogP contribution in [0.1, 0.15) is 52.3 Å². The Morgan fingerprint density at radius 2 is 1.35 bits per heavy atom. The molecular weight excluding hydrogens is 292 g/mol. The molecule has 128 valence electrons. The first-order valence-corrected chi connectivity index (χ1v) is 8.04. The maximum atomic E-state index is 12.1. The molecule has 0 atom stereocenters. The zero-order chi connectivity index (χ0) is 17.4. The summed E-state index contributed by atoms with van der Waals surface area (Å²) < 4.78 is 5.14. The second-order valence-electron chi connectivity index (χ2n) is 6.54. The third kappa shape index (κ3) is 7.17. The van der Waals surface area contributed by atoms with Crippen molar-refractivity contribution in [2.45, 2.75) is 46.7 Å². The van der Waals surface area contributed by atoms with Crippen LogP contribution in [0.15, 0.2) is 24.3 Å². The number of benzene rings is 1. The van der Waals surface area contributed by atoms with Crippen LogP contribution >= 0.6 is 0 Å². The van der Waals surface area contributed by atoms with E-state index in [1.165, 1.54) is 0 Å². The molecule has 0 radical (unpaired) electrons. The lowest BCUT2D eigenvalue weighted by atomic mass is 10.1. The van der Waals surface area contributed by atoms with Crippen molar-refractivity contribution in [1.82, 2.24) is 10.6 Å². The molecule has 1 rings (SSSR count). The summed E-state index contributed by atoms with van der Waals surface area (Å²) in [5.41, 5.74) is 0.819. The Bertz CT molecular complexity index is 486. The van der Waals surface area contributed by atoms with Crippen molar-refractivity contribution >= 4 is 11.8 Å². The standard InChI is InChI=1S/C18H28N2O3/c1-12(2)10-16(21)19-18(20-17(22)11-13(3)4)14-6-8-15(23-5)9-7-14/h6-9,12-13,18H,10-11H2,1-5H3,(H,19,21)(H,20,22). The van der Waals surface area contributed by atoms with Gasteiger partial charge in [0.2, 0.25) is 11.8 Å². The number of amides is 2. The summed E-state index contributed by atoms with van der Waals surface area (Å²) in [6.45, 7) is 7.94. The van der Waals surface area contributed by atoms with Crippen molar-refractivity contribution in [2.75, 3.05) is 7.11 Å². The van der Waals surface area contributed by atoms with Gasteiger partial charge in [0.25, 0.3) is 0 Å². The predicted molar refractivity (Wildman–Crippen MR) is 90.9 cm³/mol. The summed E-state index contributed by atoms with van der Waals surface area (Å²) in [5, 5.41) is 5.79. The van der Waals surface area contributed by atoms with Crippen molar-refractivity contribution in [2.24, 2.45) is 11.8 Å². The minimum absolute atomic E-state index is 0.0781. The van der Waals surface area contributed by atoms with E-state index in [0.717, 1.165) is 11.3 Å². The van der Waals surface area contributed by atoms with E-state index in [2.05, 4.69) is 10.6 Å². The zero-order valence-electron chi connectivity index (χ0n) is 14.7. The molecule has 0 aliphatic carbocycles. The molecule has 0 aliphatic rings. The van der Waals surface area contributed by atoms with Crippen molar-refractivity contribution < 1.29 is 14.3 Å². The predicted octanol–water partition coefficient (Wildman–Crippen LogP) is 3.02. The molecule has 5 heteroatoms. The molecule has 1 aromatic carbocycles. The van der Waals surface area contributed by atoms with Gasteiger partial charge in [-0.25, -0.2) is 0 Å². The molecular formula is C18H28N2O3. The molecule has 0 aliphatic heterocycles. The SMILES string of the molecule is COc1ccc(C(NC(=O)CC(C)C)NC(=O)CC(C)C)cc1. The van der Waals surface area contributed by atoms with E-state index < -0.39 is 6.17 Å². The Labute approximate surface area is 138 Å². The molecule has 0 heterocycles. The van der Waals surface area contributed by atoms with Crippen molar-refractivity contribution in [1.29, 1.82) is 0 Å². The highest BCUT2D eigenvalue weighted by Crippen LogP contribution is 2.17. The Kier molecular flexibility index (Phi) is 7.59. The first kappa shape index (κ1) is 19.0. The normalized spacial score (nSPS) is 11.0. The average Bonchev–Trinajstić information content (AvgIpc) is 2.45. The Hall–Kier alpha value is -2.04. The molecule has 0 unspecified atom stereocenters. The summed E-state index contributed by atoms with van der Waals surface area (Å²) in [6.07, 6.45) is 0.317. The van der Waals surface area contributed by atoms with Crippen LogP contribution in [0.2, 0.25) is 0 Å². The van der Waals surface area contributed by atoms with Gasteiger partial charge in [-0.2, -0.15) is 0 Å². The number of carbonyl (C=O) groups is 2. The largest absolute Gasteiger partial charge is 0.497 e. The number of hydrogen-bond donors (Lipinski definition) is 2. The second kappa shape index (κ2) is 9.18. The summed E-state index contributed by atoms with van der Waals surface area (Å²) in [4.78, 5) is 24.2. The molecule has 5 nitrogen and oxygen atoms in total. The highest BCUT2D eigenvalue weighted by Gasteiger charge is 2.18. The van der Waals surface area contributed by atoms with E-state index >= 15 is 0 Å². The molecule has 2 N–H and O–H groups in total. The summed E-state index contributed by atoms with van der Waals surface area (Å²) in [6, 6.07) is 7.31. The fourth-order valence-electron chi connectivity index (χ4n) is 2.18. The number of nitrogens with one attached hydrogen (secondary N) is 2. The lowest BCUT2D eigenvalue weighted by molar-refractivity contribution is -0.125. The van der Waals surface area contributed by atoms with Gasteiger partial charge in [-0.15, -0.1) is 0 Å². The van der Waals surface area contributed by atoms with Gasteiger partial charge in [0.1, 0.15) is 11.9 Å². The summed E-state index contributed by atoms with van der Waals surface area (Å²) in [5.74, 6) is 1.10. The Morgan fingerprint density at radius 3 is 1.70 bits per heavy atom. The number of methoxy groups -OCH3 is 1. The van der Waals surface area contributed by atoms with Gasteiger partial charge < -0.3 is 15.4 Å². The first-order valence-electron chi connectivity index (χ1n) is 8.04.